The molecule has 0 saturated heterocycles. The minimum Gasteiger partial charge on any atom is -0.493 e. The summed E-state index contributed by atoms with van der Waals surface area (Å²) in [7, 11) is 3.14. The number of amides is 1. The highest BCUT2D eigenvalue weighted by molar-refractivity contribution is 5.91. The highest BCUT2D eigenvalue weighted by Crippen LogP contribution is 2.28. The summed E-state index contributed by atoms with van der Waals surface area (Å²) in [5.41, 5.74) is 3.62. The molecule has 0 unspecified atom stereocenters. The second-order valence-electron chi connectivity index (χ2n) is 8.23. The fourth-order valence-corrected chi connectivity index (χ4v) is 4.19. The van der Waals surface area contributed by atoms with Crippen LogP contribution in [0, 0.1) is 5.82 Å². The maximum Gasteiger partial charge on any atom is 0.359 e. The lowest BCUT2D eigenvalue weighted by Crippen LogP contribution is -2.30. The second kappa shape index (κ2) is 11.0. The van der Waals surface area contributed by atoms with Crippen molar-refractivity contribution in [2.24, 2.45) is 0 Å². The molecule has 0 spiro atoms. The number of esters is 1. The van der Waals surface area contributed by atoms with Crippen LogP contribution in [0.4, 0.5) is 4.39 Å². The SMILES string of the molecule is COc1ccc(CCNC(=O)COC(=O)c2nn(-c3ccc(F)cc3)c3c2CCCC3)cc1OC. The van der Waals surface area contributed by atoms with Crippen molar-refractivity contribution in [3.8, 4) is 17.2 Å². The number of benzene rings is 2. The number of nitrogens with one attached hydrogen (secondary N) is 1. The number of halogens is 1. The number of aromatic nitrogens is 2. The first kappa shape index (κ1) is 24.3. The van der Waals surface area contributed by atoms with Gasteiger partial charge in [-0.25, -0.2) is 13.9 Å². The van der Waals surface area contributed by atoms with E-state index in [4.69, 9.17) is 14.2 Å². The number of rotatable bonds is 9. The van der Waals surface area contributed by atoms with Gasteiger partial charge < -0.3 is 19.5 Å². The zero-order valence-electron chi connectivity index (χ0n) is 19.8. The summed E-state index contributed by atoms with van der Waals surface area (Å²) in [6, 6.07) is 11.5. The number of carbonyl (C=O) groups is 2. The Hall–Kier alpha value is -3.88. The summed E-state index contributed by atoms with van der Waals surface area (Å²) in [5, 5.41) is 7.22. The van der Waals surface area contributed by atoms with Gasteiger partial charge in [0.05, 0.1) is 19.9 Å². The number of fused-ring (bicyclic) bond motifs is 1. The molecule has 0 atom stereocenters. The van der Waals surface area contributed by atoms with E-state index in [1.54, 1.807) is 31.0 Å². The van der Waals surface area contributed by atoms with Gasteiger partial charge >= 0.3 is 5.97 Å². The monoisotopic (exact) mass is 481 g/mol. The van der Waals surface area contributed by atoms with Crippen molar-refractivity contribution in [1.82, 2.24) is 15.1 Å². The number of carbonyl (C=O) groups excluding carboxylic acids is 2. The molecule has 2 aromatic carbocycles. The van der Waals surface area contributed by atoms with Crippen LogP contribution in [0.3, 0.4) is 0 Å². The molecule has 8 nitrogen and oxygen atoms in total. The van der Waals surface area contributed by atoms with E-state index in [1.807, 2.05) is 18.2 Å². The van der Waals surface area contributed by atoms with Crippen molar-refractivity contribution in [2.45, 2.75) is 32.1 Å². The van der Waals surface area contributed by atoms with E-state index in [0.29, 0.717) is 36.6 Å². The van der Waals surface area contributed by atoms with Gasteiger partial charge in [0.2, 0.25) is 0 Å². The molecular formula is C26H28FN3O5. The molecule has 1 aliphatic rings. The van der Waals surface area contributed by atoms with Crippen molar-refractivity contribution in [3.63, 3.8) is 0 Å². The predicted molar refractivity (Wildman–Crippen MR) is 127 cm³/mol. The first-order chi connectivity index (χ1) is 17.0. The van der Waals surface area contributed by atoms with Crippen molar-refractivity contribution in [2.75, 3.05) is 27.4 Å². The molecule has 1 N–H and O–H groups in total. The maximum atomic E-state index is 13.3. The van der Waals surface area contributed by atoms with Gasteiger partial charge in [0.15, 0.2) is 23.8 Å². The standard InChI is InChI=1S/C26H28FN3O5/c1-33-22-12-7-17(15-23(22)34-2)13-14-28-24(31)16-35-26(32)25-20-5-3-4-6-21(20)30(29-25)19-10-8-18(27)9-11-19/h7-12,15H,3-6,13-14,16H2,1-2H3,(H,28,31). The summed E-state index contributed by atoms with van der Waals surface area (Å²) in [5.74, 6) is -0.124. The van der Waals surface area contributed by atoms with Gasteiger partial charge in [0.1, 0.15) is 5.82 Å². The number of ether oxygens (including phenoxy) is 3. The molecule has 4 rings (SSSR count). The quantitative estimate of drug-likeness (QED) is 0.471. The zero-order valence-corrected chi connectivity index (χ0v) is 19.8. The molecule has 0 aliphatic heterocycles. The number of methoxy groups -OCH3 is 2. The van der Waals surface area contributed by atoms with Gasteiger partial charge in [0, 0.05) is 17.8 Å². The molecule has 1 heterocycles. The van der Waals surface area contributed by atoms with E-state index >= 15 is 0 Å². The lowest BCUT2D eigenvalue weighted by atomic mass is 9.95. The summed E-state index contributed by atoms with van der Waals surface area (Å²) in [6.07, 6.45) is 3.98. The molecular weight excluding hydrogens is 453 g/mol. The number of nitrogens with zero attached hydrogens (tertiary/aromatic N) is 2. The van der Waals surface area contributed by atoms with Crippen molar-refractivity contribution in [3.05, 3.63) is 70.8 Å². The molecule has 0 saturated carbocycles. The van der Waals surface area contributed by atoms with E-state index in [1.165, 1.54) is 12.1 Å². The summed E-state index contributed by atoms with van der Waals surface area (Å²) >= 11 is 0. The van der Waals surface area contributed by atoms with Crippen LogP contribution in [0.2, 0.25) is 0 Å². The predicted octanol–water partition coefficient (Wildman–Crippen LogP) is 3.42. The minimum absolute atomic E-state index is 0.210. The van der Waals surface area contributed by atoms with Crippen LogP contribution in [-0.2, 0) is 28.8 Å². The zero-order chi connectivity index (χ0) is 24.8. The highest BCUT2D eigenvalue weighted by atomic mass is 19.1. The fourth-order valence-electron chi connectivity index (χ4n) is 4.19. The van der Waals surface area contributed by atoms with Crippen LogP contribution in [0.25, 0.3) is 5.69 Å². The normalized spacial score (nSPS) is 12.5. The Morgan fingerprint density at radius 2 is 1.77 bits per heavy atom. The Labute approximate surface area is 203 Å². The first-order valence-corrected chi connectivity index (χ1v) is 11.5. The van der Waals surface area contributed by atoms with E-state index in [2.05, 4.69) is 10.4 Å². The van der Waals surface area contributed by atoms with Crippen LogP contribution < -0.4 is 14.8 Å². The average molecular weight is 482 g/mol. The first-order valence-electron chi connectivity index (χ1n) is 11.5. The third kappa shape index (κ3) is 5.62. The third-order valence-electron chi connectivity index (χ3n) is 5.96. The number of hydrogen-bond donors (Lipinski definition) is 1. The second-order valence-corrected chi connectivity index (χ2v) is 8.23. The van der Waals surface area contributed by atoms with E-state index in [0.717, 1.165) is 36.1 Å². The minimum atomic E-state index is -0.640. The van der Waals surface area contributed by atoms with Crippen LogP contribution >= 0.6 is 0 Å². The Morgan fingerprint density at radius 3 is 2.51 bits per heavy atom. The van der Waals surface area contributed by atoms with Crippen LogP contribution in [0.1, 0.15) is 40.2 Å². The molecule has 0 bridgehead atoms. The van der Waals surface area contributed by atoms with Crippen molar-refractivity contribution < 1.29 is 28.2 Å². The molecule has 35 heavy (non-hydrogen) atoms. The average Bonchev–Trinajstić information content (AvgIpc) is 3.27. The molecule has 0 radical (unpaired) electrons. The number of hydrogen-bond acceptors (Lipinski definition) is 6. The molecule has 0 fully saturated rings. The van der Waals surface area contributed by atoms with Gasteiger partial charge in [-0.1, -0.05) is 6.07 Å². The Morgan fingerprint density at radius 1 is 1.03 bits per heavy atom. The third-order valence-corrected chi connectivity index (χ3v) is 5.96. The molecule has 3 aromatic rings. The Kier molecular flexibility index (Phi) is 7.64. The van der Waals surface area contributed by atoms with Gasteiger partial charge in [-0.15, -0.1) is 0 Å². The molecule has 1 aliphatic carbocycles. The Bertz CT molecular complexity index is 1210. The molecule has 1 aromatic heterocycles. The lowest BCUT2D eigenvalue weighted by molar-refractivity contribution is -0.124. The topological polar surface area (TPSA) is 91.7 Å². The fraction of sp³-hybridized carbons (Fsp3) is 0.346. The van der Waals surface area contributed by atoms with Gasteiger partial charge in [0.25, 0.3) is 5.91 Å². The molecule has 9 heteroatoms. The van der Waals surface area contributed by atoms with E-state index < -0.39 is 18.5 Å². The van der Waals surface area contributed by atoms with Crippen LogP contribution in [-0.4, -0.2) is 49.0 Å². The summed E-state index contributed by atoms with van der Waals surface area (Å²) in [4.78, 5) is 25.0. The van der Waals surface area contributed by atoms with Crippen molar-refractivity contribution in [1.29, 1.82) is 0 Å². The molecule has 184 valence electrons. The molecule has 1 amide bonds. The Balaban J connectivity index is 1.34. The van der Waals surface area contributed by atoms with Gasteiger partial charge in [-0.05, 0) is 74.1 Å². The largest absolute Gasteiger partial charge is 0.493 e. The van der Waals surface area contributed by atoms with E-state index in [9.17, 15) is 14.0 Å². The van der Waals surface area contributed by atoms with Crippen LogP contribution in [0.15, 0.2) is 42.5 Å². The highest BCUT2D eigenvalue weighted by Gasteiger charge is 2.27. The summed E-state index contributed by atoms with van der Waals surface area (Å²) in [6.45, 7) is -0.0244. The van der Waals surface area contributed by atoms with Crippen LogP contribution in [0.5, 0.6) is 11.5 Å². The van der Waals surface area contributed by atoms with Gasteiger partial charge in [-0.2, -0.15) is 5.10 Å². The maximum absolute atomic E-state index is 13.3. The van der Waals surface area contributed by atoms with Crippen molar-refractivity contribution >= 4 is 11.9 Å². The smallest absolute Gasteiger partial charge is 0.359 e. The summed E-state index contributed by atoms with van der Waals surface area (Å²) < 4.78 is 30.8. The lowest BCUT2D eigenvalue weighted by Gasteiger charge is -2.14. The van der Waals surface area contributed by atoms with Gasteiger partial charge in [-0.3, -0.25) is 4.79 Å². The van der Waals surface area contributed by atoms with E-state index in [-0.39, 0.29) is 11.5 Å².